The largest absolute Gasteiger partial charge is 0.456 e. The number of carbonyl (C=O) groups excluding carboxylic acids is 1. The third kappa shape index (κ3) is 4.33. The minimum atomic E-state index is -0.636. The van der Waals surface area contributed by atoms with E-state index in [1.165, 1.54) is 9.40 Å². The lowest BCUT2D eigenvalue weighted by Gasteiger charge is -2.18. The number of nitriles is 1. The number of carbonyl (C=O) groups is 1. The van der Waals surface area contributed by atoms with Crippen molar-refractivity contribution in [3.05, 3.63) is 22.6 Å². The van der Waals surface area contributed by atoms with E-state index in [0.29, 0.717) is 6.54 Å². The van der Waals surface area contributed by atoms with E-state index in [-0.39, 0.29) is 12.2 Å². The fourth-order valence-electron chi connectivity index (χ4n) is 2.47. The average molecular weight is 421 g/mol. The highest BCUT2D eigenvalue weighted by molar-refractivity contribution is 7.39. The Hall–Kier alpha value is -1.92. The Labute approximate surface area is 169 Å². The van der Waals surface area contributed by atoms with Gasteiger partial charge in [-0.2, -0.15) is 5.26 Å². The van der Waals surface area contributed by atoms with Crippen LogP contribution in [0.3, 0.4) is 0 Å². The molecule has 142 valence electrons. The highest BCUT2D eigenvalue weighted by Crippen LogP contribution is 2.46. The predicted octanol–water partition coefficient (Wildman–Crippen LogP) is 4.85. The third-order valence-corrected chi connectivity index (χ3v) is 7.50. The molecule has 0 saturated carbocycles. The summed E-state index contributed by atoms with van der Waals surface area (Å²) in [7, 11) is 1.96. The van der Waals surface area contributed by atoms with Gasteiger partial charge in [0.2, 0.25) is 0 Å². The molecule has 0 saturated heterocycles. The van der Waals surface area contributed by atoms with Crippen LogP contribution in [0.15, 0.2) is 17.7 Å². The number of ether oxygens (including phenoxy) is 1. The molecule has 27 heavy (non-hydrogen) atoms. The number of aliphatic hydroxyl groups excluding tert-OH is 1. The van der Waals surface area contributed by atoms with E-state index in [4.69, 9.17) is 9.84 Å². The van der Waals surface area contributed by atoms with Crippen LogP contribution in [0.25, 0.3) is 24.9 Å². The van der Waals surface area contributed by atoms with Gasteiger partial charge in [-0.05, 0) is 39.0 Å². The van der Waals surface area contributed by atoms with E-state index in [1.54, 1.807) is 60.9 Å². The maximum absolute atomic E-state index is 12.2. The number of anilines is 1. The standard InChI is InChI=1S/C19H20N2O3S3/c1-19(2,3)24-18(23)11(10-20)7-12-8-13-16(25-12)17-14(26-13)9-15(27-17)21(4)5-6-22/h7-9,22H,5-6H2,1-4H3/b11-7+. The Kier molecular flexibility index (Phi) is 5.58. The molecule has 3 aromatic heterocycles. The van der Waals surface area contributed by atoms with Crippen LogP contribution in [-0.4, -0.2) is 36.9 Å². The van der Waals surface area contributed by atoms with Gasteiger partial charge in [0.25, 0.3) is 0 Å². The first-order valence-electron chi connectivity index (χ1n) is 8.35. The maximum Gasteiger partial charge on any atom is 0.349 e. The zero-order valence-corrected chi connectivity index (χ0v) is 18.0. The number of fused-ring (bicyclic) bond motifs is 3. The summed E-state index contributed by atoms with van der Waals surface area (Å²) >= 11 is 4.96. The fraction of sp³-hybridized carbons (Fsp3) is 0.368. The van der Waals surface area contributed by atoms with E-state index >= 15 is 0 Å². The first kappa shape index (κ1) is 19.8. The molecule has 1 N–H and O–H groups in total. The topological polar surface area (TPSA) is 73.6 Å². The third-order valence-electron chi connectivity index (χ3n) is 3.67. The number of hydrogen-bond donors (Lipinski definition) is 1. The highest BCUT2D eigenvalue weighted by atomic mass is 32.1. The van der Waals surface area contributed by atoms with E-state index < -0.39 is 11.6 Å². The summed E-state index contributed by atoms with van der Waals surface area (Å²) in [6.45, 7) is 6.05. The van der Waals surface area contributed by atoms with Crippen molar-refractivity contribution in [2.75, 3.05) is 25.1 Å². The average Bonchev–Trinajstić information content (AvgIpc) is 3.21. The van der Waals surface area contributed by atoms with Crippen molar-refractivity contribution < 1.29 is 14.6 Å². The summed E-state index contributed by atoms with van der Waals surface area (Å²) < 4.78 is 10.0. The molecule has 0 atom stereocenters. The number of aliphatic hydroxyl groups is 1. The summed E-state index contributed by atoms with van der Waals surface area (Å²) in [5, 5.41) is 19.6. The molecule has 0 bridgehead atoms. The number of nitrogens with zero attached hydrogens (tertiary/aromatic N) is 2. The van der Waals surface area contributed by atoms with Crippen molar-refractivity contribution in [1.82, 2.24) is 0 Å². The van der Waals surface area contributed by atoms with E-state index in [2.05, 4.69) is 6.07 Å². The van der Waals surface area contributed by atoms with Crippen LogP contribution in [0.5, 0.6) is 0 Å². The summed E-state index contributed by atoms with van der Waals surface area (Å²) in [6, 6.07) is 6.10. The second-order valence-electron chi connectivity index (χ2n) is 7.04. The highest BCUT2D eigenvalue weighted by Gasteiger charge is 2.21. The first-order chi connectivity index (χ1) is 12.7. The molecule has 0 aliphatic carbocycles. The summed E-state index contributed by atoms with van der Waals surface area (Å²) in [5.41, 5.74) is -0.632. The van der Waals surface area contributed by atoms with Crippen molar-refractivity contribution >= 4 is 69.9 Å². The van der Waals surface area contributed by atoms with Gasteiger partial charge in [-0.3, -0.25) is 0 Å². The van der Waals surface area contributed by atoms with Gasteiger partial charge in [-0.15, -0.1) is 34.0 Å². The number of esters is 1. The van der Waals surface area contributed by atoms with Crippen LogP contribution >= 0.6 is 34.0 Å². The van der Waals surface area contributed by atoms with Gasteiger partial charge < -0.3 is 14.7 Å². The Morgan fingerprint density at radius 3 is 2.56 bits per heavy atom. The molecule has 3 heterocycles. The zero-order valence-electron chi connectivity index (χ0n) is 15.5. The predicted molar refractivity (Wildman–Crippen MR) is 115 cm³/mol. The lowest BCUT2D eigenvalue weighted by atomic mass is 10.2. The molecule has 0 aromatic carbocycles. The number of rotatable bonds is 5. The van der Waals surface area contributed by atoms with E-state index in [1.807, 2.05) is 24.1 Å². The lowest BCUT2D eigenvalue weighted by molar-refractivity contribution is -0.149. The van der Waals surface area contributed by atoms with Crippen LogP contribution in [-0.2, 0) is 9.53 Å². The molecular weight excluding hydrogens is 400 g/mol. The lowest BCUT2D eigenvalue weighted by Crippen LogP contribution is -2.24. The molecule has 0 unspecified atom stereocenters. The number of thiophene rings is 3. The molecule has 0 radical (unpaired) electrons. The van der Waals surface area contributed by atoms with Crippen molar-refractivity contribution in [1.29, 1.82) is 5.26 Å². The molecule has 0 aliphatic heterocycles. The van der Waals surface area contributed by atoms with Gasteiger partial charge in [-0.25, -0.2) is 4.79 Å². The molecule has 3 aromatic rings. The van der Waals surface area contributed by atoms with Gasteiger partial charge >= 0.3 is 5.97 Å². The first-order valence-corrected chi connectivity index (χ1v) is 10.8. The van der Waals surface area contributed by atoms with Crippen LogP contribution in [0.4, 0.5) is 5.00 Å². The maximum atomic E-state index is 12.2. The molecule has 0 aliphatic rings. The molecule has 3 rings (SSSR count). The van der Waals surface area contributed by atoms with Gasteiger partial charge in [0, 0.05) is 27.9 Å². The number of likely N-dealkylation sites (N-methyl/N-ethyl adjacent to an activating group) is 1. The van der Waals surface area contributed by atoms with Crippen LogP contribution in [0.2, 0.25) is 0 Å². The minimum absolute atomic E-state index is 0.00428. The monoisotopic (exact) mass is 420 g/mol. The normalized spacial score (nSPS) is 12.5. The molecule has 0 amide bonds. The fourth-order valence-corrected chi connectivity index (χ4v) is 6.43. The van der Waals surface area contributed by atoms with Gasteiger partial charge in [-0.1, -0.05) is 0 Å². The Balaban J connectivity index is 1.94. The van der Waals surface area contributed by atoms with Crippen LogP contribution < -0.4 is 4.90 Å². The van der Waals surface area contributed by atoms with Crippen molar-refractivity contribution in [3.8, 4) is 6.07 Å². The number of hydrogen-bond acceptors (Lipinski definition) is 8. The smallest absolute Gasteiger partial charge is 0.349 e. The molecule has 0 fully saturated rings. The minimum Gasteiger partial charge on any atom is -0.456 e. The van der Waals surface area contributed by atoms with Crippen LogP contribution in [0.1, 0.15) is 25.6 Å². The van der Waals surface area contributed by atoms with Crippen molar-refractivity contribution in [3.63, 3.8) is 0 Å². The summed E-state index contributed by atoms with van der Waals surface area (Å²) in [4.78, 5) is 15.1. The molecular formula is C19H20N2O3S3. The molecule has 5 nitrogen and oxygen atoms in total. The molecule has 0 spiro atoms. The Morgan fingerprint density at radius 1 is 1.26 bits per heavy atom. The Morgan fingerprint density at radius 2 is 1.93 bits per heavy atom. The summed E-state index contributed by atoms with van der Waals surface area (Å²) in [5.74, 6) is -0.601. The van der Waals surface area contributed by atoms with Gasteiger partial charge in [0.15, 0.2) is 0 Å². The Bertz CT molecular complexity index is 1060. The van der Waals surface area contributed by atoms with Crippen LogP contribution in [0, 0.1) is 11.3 Å². The second-order valence-corrected chi connectivity index (χ2v) is 10.2. The van der Waals surface area contributed by atoms with Gasteiger partial charge in [0.05, 0.1) is 21.0 Å². The molecule has 8 heteroatoms. The van der Waals surface area contributed by atoms with E-state index in [9.17, 15) is 10.1 Å². The van der Waals surface area contributed by atoms with Gasteiger partial charge in [0.1, 0.15) is 17.2 Å². The second kappa shape index (κ2) is 7.60. The van der Waals surface area contributed by atoms with Crippen molar-refractivity contribution in [2.45, 2.75) is 26.4 Å². The SMILES string of the molecule is CN(CCO)c1cc2sc3cc(/C=C(\C#N)C(=O)OC(C)(C)C)sc3c2s1. The van der Waals surface area contributed by atoms with Crippen molar-refractivity contribution in [2.24, 2.45) is 0 Å². The summed E-state index contributed by atoms with van der Waals surface area (Å²) in [6.07, 6.45) is 1.60. The zero-order chi connectivity index (χ0) is 19.8. The quantitative estimate of drug-likeness (QED) is 0.363. The van der Waals surface area contributed by atoms with E-state index in [0.717, 1.165) is 19.3 Å².